The summed E-state index contributed by atoms with van der Waals surface area (Å²) >= 11 is 0. The highest BCUT2D eigenvalue weighted by Gasteiger charge is 2.27. The van der Waals surface area contributed by atoms with Gasteiger partial charge in [0.25, 0.3) is 0 Å². The third-order valence-corrected chi connectivity index (χ3v) is 4.14. The van der Waals surface area contributed by atoms with E-state index >= 15 is 0 Å². The Morgan fingerprint density at radius 1 is 1.05 bits per heavy atom. The standard InChI is InChI=1S/C16H28O4/c1-4-5-10-19-15(17)8-9-16(18)20-14-7-6-12(2)13(3)11-14/h12-14H,4-11H2,1-3H3. The molecule has 0 aromatic carbocycles. The second-order valence-electron chi connectivity index (χ2n) is 5.95. The first-order valence-electron chi connectivity index (χ1n) is 7.88. The Balaban J connectivity index is 2.15. The van der Waals surface area contributed by atoms with Gasteiger partial charge >= 0.3 is 11.9 Å². The van der Waals surface area contributed by atoms with Gasteiger partial charge in [-0.15, -0.1) is 0 Å². The zero-order valence-electron chi connectivity index (χ0n) is 13.0. The summed E-state index contributed by atoms with van der Waals surface area (Å²) in [5, 5.41) is 0. The predicted octanol–water partition coefficient (Wildman–Crippen LogP) is 3.48. The highest BCUT2D eigenvalue weighted by molar-refractivity contribution is 5.77. The maximum atomic E-state index is 11.7. The van der Waals surface area contributed by atoms with E-state index in [0.29, 0.717) is 18.4 Å². The summed E-state index contributed by atoms with van der Waals surface area (Å²) in [5.41, 5.74) is 0. The lowest BCUT2D eigenvalue weighted by molar-refractivity contribution is -0.155. The Labute approximate surface area is 122 Å². The van der Waals surface area contributed by atoms with Crippen LogP contribution in [0.2, 0.25) is 0 Å². The smallest absolute Gasteiger partial charge is 0.306 e. The maximum absolute atomic E-state index is 11.7. The number of unbranched alkanes of at least 4 members (excludes halogenated alkanes) is 1. The van der Waals surface area contributed by atoms with Gasteiger partial charge in [0.1, 0.15) is 6.10 Å². The minimum Gasteiger partial charge on any atom is -0.466 e. The van der Waals surface area contributed by atoms with Gasteiger partial charge in [-0.3, -0.25) is 9.59 Å². The van der Waals surface area contributed by atoms with E-state index in [4.69, 9.17) is 9.47 Å². The van der Waals surface area contributed by atoms with Crippen molar-refractivity contribution in [3.05, 3.63) is 0 Å². The highest BCUT2D eigenvalue weighted by atomic mass is 16.5. The molecule has 0 bridgehead atoms. The summed E-state index contributed by atoms with van der Waals surface area (Å²) in [5.74, 6) is 0.726. The molecule has 0 aliphatic heterocycles. The molecule has 1 rings (SSSR count). The van der Waals surface area contributed by atoms with Gasteiger partial charge in [0.2, 0.25) is 0 Å². The van der Waals surface area contributed by atoms with Gasteiger partial charge in [-0.1, -0.05) is 27.2 Å². The van der Waals surface area contributed by atoms with E-state index in [1.807, 2.05) is 6.92 Å². The molecule has 0 aromatic heterocycles. The average molecular weight is 284 g/mol. The molecule has 0 amide bonds. The first kappa shape index (κ1) is 17.0. The van der Waals surface area contributed by atoms with Gasteiger partial charge in [0, 0.05) is 0 Å². The number of esters is 2. The number of carbonyl (C=O) groups excluding carboxylic acids is 2. The Morgan fingerprint density at radius 3 is 2.40 bits per heavy atom. The van der Waals surface area contributed by atoms with Gasteiger partial charge in [-0.05, 0) is 37.5 Å². The zero-order valence-corrected chi connectivity index (χ0v) is 13.0. The van der Waals surface area contributed by atoms with Crippen LogP contribution in [0.4, 0.5) is 0 Å². The first-order valence-corrected chi connectivity index (χ1v) is 7.88. The van der Waals surface area contributed by atoms with Gasteiger partial charge in [-0.25, -0.2) is 0 Å². The fourth-order valence-electron chi connectivity index (χ4n) is 2.46. The van der Waals surface area contributed by atoms with E-state index in [9.17, 15) is 9.59 Å². The number of hydrogen-bond donors (Lipinski definition) is 0. The van der Waals surface area contributed by atoms with E-state index in [0.717, 1.165) is 32.1 Å². The first-order chi connectivity index (χ1) is 9.52. The molecule has 1 aliphatic carbocycles. The van der Waals surface area contributed by atoms with Gasteiger partial charge in [-0.2, -0.15) is 0 Å². The molecule has 0 N–H and O–H groups in total. The predicted molar refractivity (Wildman–Crippen MR) is 77.2 cm³/mol. The summed E-state index contributed by atoms with van der Waals surface area (Å²) in [6, 6.07) is 0. The fourth-order valence-corrected chi connectivity index (χ4v) is 2.46. The van der Waals surface area contributed by atoms with Crippen molar-refractivity contribution in [1.82, 2.24) is 0 Å². The van der Waals surface area contributed by atoms with Crippen LogP contribution in [0.3, 0.4) is 0 Å². The fraction of sp³-hybridized carbons (Fsp3) is 0.875. The van der Waals surface area contributed by atoms with Crippen molar-refractivity contribution in [2.45, 2.75) is 71.8 Å². The van der Waals surface area contributed by atoms with Crippen molar-refractivity contribution in [1.29, 1.82) is 0 Å². The zero-order chi connectivity index (χ0) is 15.0. The molecule has 1 saturated carbocycles. The Kier molecular flexibility index (Phi) is 7.63. The molecule has 0 saturated heterocycles. The molecule has 4 heteroatoms. The summed E-state index contributed by atoms with van der Waals surface area (Å²) in [7, 11) is 0. The van der Waals surface area contributed by atoms with E-state index < -0.39 is 0 Å². The van der Waals surface area contributed by atoms with Crippen LogP contribution in [0.1, 0.15) is 65.7 Å². The quantitative estimate of drug-likeness (QED) is 0.530. The van der Waals surface area contributed by atoms with Crippen molar-refractivity contribution >= 4 is 11.9 Å². The van der Waals surface area contributed by atoms with Crippen LogP contribution in [-0.2, 0) is 19.1 Å². The molecule has 3 unspecified atom stereocenters. The molecule has 0 radical (unpaired) electrons. The van der Waals surface area contributed by atoms with Crippen molar-refractivity contribution in [3.63, 3.8) is 0 Å². The lowest BCUT2D eigenvalue weighted by Crippen LogP contribution is -2.28. The molecule has 20 heavy (non-hydrogen) atoms. The van der Waals surface area contributed by atoms with E-state index in [1.54, 1.807) is 0 Å². The SMILES string of the molecule is CCCCOC(=O)CCC(=O)OC1CCC(C)C(C)C1. The molecule has 0 aromatic rings. The van der Waals surface area contributed by atoms with E-state index in [2.05, 4.69) is 13.8 Å². The number of rotatable bonds is 7. The van der Waals surface area contributed by atoms with Crippen molar-refractivity contribution in [3.8, 4) is 0 Å². The maximum Gasteiger partial charge on any atom is 0.306 e. The van der Waals surface area contributed by atoms with Gasteiger partial charge in [0.05, 0.1) is 19.4 Å². The molecule has 116 valence electrons. The van der Waals surface area contributed by atoms with Gasteiger partial charge < -0.3 is 9.47 Å². The molecule has 3 atom stereocenters. The van der Waals surface area contributed by atoms with E-state index in [-0.39, 0.29) is 30.9 Å². The summed E-state index contributed by atoms with van der Waals surface area (Å²) in [6.45, 7) is 6.93. The second kappa shape index (κ2) is 8.98. The lowest BCUT2D eigenvalue weighted by Gasteiger charge is -2.31. The third kappa shape index (κ3) is 6.40. The summed E-state index contributed by atoms with van der Waals surface area (Å²) < 4.78 is 10.4. The third-order valence-electron chi connectivity index (χ3n) is 4.14. The molecule has 0 spiro atoms. The topological polar surface area (TPSA) is 52.6 Å². The monoisotopic (exact) mass is 284 g/mol. The molecular formula is C16H28O4. The van der Waals surface area contributed by atoms with Crippen LogP contribution in [0.25, 0.3) is 0 Å². The Morgan fingerprint density at radius 2 is 1.75 bits per heavy atom. The van der Waals surface area contributed by atoms with Crippen LogP contribution < -0.4 is 0 Å². The summed E-state index contributed by atoms with van der Waals surface area (Å²) in [4.78, 5) is 23.1. The summed E-state index contributed by atoms with van der Waals surface area (Å²) in [6.07, 6.45) is 5.14. The van der Waals surface area contributed by atoms with Crippen LogP contribution in [0, 0.1) is 11.8 Å². The van der Waals surface area contributed by atoms with Gasteiger partial charge in [0.15, 0.2) is 0 Å². The normalized spacial score (nSPS) is 26.1. The molecule has 1 aliphatic rings. The van der Waals surface area contributed by atoms with Crippen LogP contribution in [-0.4, -0.2) is 24.6 Å². The number of hydrogen-bond acceptors (Lipinski definition) is 4. The highest BCUT2D eigenvalue weighted by Crippen LogP contribution is 2.31. The van der Waals surface area contributed by atoms with E-state index in [1.165, 1.54) is 0 Å². The minimum absolute atomic E-state index is 0.0322. The average Bonchev–Trinajstić information content (AvgIpc) is 2.41. The lowest BCUT2D eigenvalue weighted by atomic mass is 9.80. The minimum atomic E-state index is -0.305. The molecule has 1 fully saturated rings. The van der Waals surface area contributed by atoms with Crippen molar-refractivity contribution in [2.75, 3.05) is 6.61 Å². The number of carbonyl (C=O) groups is 2. The molecular weight excluding hydrogens is 256 g/mol. The van der Waals surface area contributed by atoms with Crippen molar-refractivity contribution in [2.24, 2.45) is 11.8 Å². The van der Waals surface area contributed by atoms with Crippen LogP contribution in [0.5, 0.6) is 0 Å². The largest absolute Gasteiger partial charge is 0.466 e. The second-order valence-corrected chi connectivity index (χ2v) is 5.95. The van der Waals surface area contributed by atoms with Crippen LogP contribution >= 0.6 is 0 Å². The van der Waals surface area contributed by atoms with Crippen LogP contribution in [0.15, 0.2) is 0 Å². The Hall–Kier alpha value is -1.06. The molecule has 0 heterocycles. The number of ether oxygens (including phenoxy) is 2. The van der Waals surface area contributed by atoms with Crippen molar-refractivity contribution < 1.29 is 19.1 Å². The molecule has 4 nitrogen and oxygen atoms in total. The Bertz CT molecular complexity index is 314.